The fourth-order valence-corrected chi connectivity index (χ4v) is 1.32. The van der Waals surface area contributed by atoms with Gasteiger partial charge in [0.25, 0.3) is 0 Å². The molecular weight excluding hydrogens is 124 g/mol. The minimum atomic E-state index is 0.617. The van der Waals surface area contributed by atoms with Crippen LogP contribution in [-0.2, 0) is 0 Å². The first-order valence-corrected chi connectivity index (χ1v) is 3.92. The smallest absolute Gasteiger partial charge is 0.0383 e. The number of hydrogen-bond acceptors (Lipinski definition) is 2. The van der Waals surface area contributed by atoms with E-state index in [9.17, 15) is 0 Å². The minimum Gasteiger partial charge on any atom is -0.385 e. The Labute approximate surface area is 62.7 Å². The van der Waals surface area contributed by atoms with E-state index in [4.69, 9.17) is 0 Å². The highest BCUT2D eigenvalue weighted by Gasteiger charge is 2.10. The van der Waals surface area contributed by atoms with Crippen molar-refractivity contribution >= 4 is 0 Å². The molecule has 0 aromatic carbocycles. The van der Waals surface area contributed by atoms with Gasteiger partial charge in [0, 0.05) is 18.3 Å². The molecule has 1 aliphatic heterocycles. The lowest BCUT2D eigenvalue weighted by Crippen LogP contribution is -2.42. The molecule has 2 heteroatoms. The molecule has 1 heterocycles. The van der Waals surface area contributed by atoms with E-state index in [2.05, 4.69) is 17.2 Å². The van der Waals surface area contributed by atoms with Crippen molar-refractivity contribution in [1.82, 2.24) is 10.6 Å². The van der Waals surface area contributed by atoms with Crippen LogP contribution in [-0.4, -0.2) is 19.1 Å². The van der Waals surface area contributed by atoms with Crippen LogP contribution in [0.1, 0.15) is 19.8 Å². The molecule has 58 valence electrons. The van der Waals surface area contributed by atoms with Crippen molar-refractivity contribution < 1.29 is 0 Å². The van der Waals surface area contributed by atoms with Gasteiger partial charge in [0.05, 0.1) is 0 Å². The van der Waals surface area contributed by atoms with E-state index in [1.807, 2.05) is 6.92 Å². The van der Waals surface area contributed by atoms with E-state index >= 15 is 0 Å². The molecule has 0 aliphatic carbocycles. The molecule has 0 bridgehead atoms. The Bertz CT molecular complexity index is 114. The van der Waals surface area contributed by atoms with E-state index in [0.29, 0.717) is 6.04 Å². The van der Waals surface area contributed by atoms with Gasteiger partial charge in [-0.15, -0.1) is 0 Å². The van der Waals surface area contributed by atoms with Gasteiger partial charge in [-0.3, -0.25) is 0 Å². The topological polar surface area (TPSA) is 24.1 Å². The summed E-state index contributed by atoms with van der Waals surface area (Å²) in [6, 6.07) is 0.617. The molecule has 1 rings (SSSR count). The minimum absolute atomic E-state index is 0.617. The van der Waals surface area contributed by atoms with Crippen molar-refractivity contribution in [2.75, 3.05) is 13.1 Å². The van der Waals surface area contributed by atoms with Gasteiger partial charge < -0.3 is 10.6 Å². The van der Waals surface area contributed by atoms with Gasteiger partial charge in [-0.25, -0.2) is 0 Å². The van der Waals surface area contributed by atoms with Crippen molar-refractivity contribution in [3.8, 4) is 0 Å². The van der Waals surface area contributed by atoms with Crippen LogP contribution >= 0.6 is 0 Å². The summed E-state index contributed by atoms with van der Waals surface area (Å²) in [7, 11) is 0. The maximum atomic E-state index is 3.81. The standard InChI is InChI=1S/C8H16N2/c1-7(2)10-8-4-3-5-9-6-8/h8-10H,1,3-6H2,2H3/t8-/m1/s1. The second-order valence-electron chi connectivity index (χ2n) is 2.97. The summed E-state index contributed by atoms with van der Waals surface area (Å²) in [4.78, 5) is 0. The summed E-state index contributed by atoms with van der Waals surface area (Å²) in [5.74, 6) is 0. The van der Waals surface area contributed by atoms with Crippen LogP contribution in [0.3, 0.4) is 0 Å². The Balaban J connectivity index is 2.19. The lowest BCUT2D eigenvalue weighted by atomic mass is 10.1. The molecule has 0 unspecified atom stereocenters. The van der Waals surface area contributed by atoms with Gasteiger partial charge in [0.1, 0.15) is 0 Å². The highest BCUT2D eigenvalue weighted by molar-refractivity contribution is 4.90. The van der Waals surface area contributed by atoms with E-state index in [1.54, 1.807) is 0 Å². The van der Waals surface area contributed by atoms with Gasteiger partial charge in [-0.2, -0.15) is 0 Å². The summed E-state index contributed by atoms with van der Waals surface area (Å²) in [6.07, 6.45) is 2.56. The van der Waals surface area contributed by atoms with Crippen molar-refractivity contribution in [2.45, 2.75) is 25.8 Å². The largest absolute Gasteiger partial charge is 0.385 e. The summed E-state index contributed by atoms with van der Waals surface area (Å²) in [5, 5.41) is 6.66. The average Bonchev–Trinajstić information content (AvgIpc) is 1.88. The van der Waals surface area contributed by atoms with Crippen molar-refractivity contribution in [2.24, 2.45) is 0 Å². The second-order valence-corrected chi connectivity index (χ2v) is 2.97. The van der Waals surface area contributed by atoms with E-state index < -0.39 is 0 Å². The van der Waals surface area contributed by atoms with Crippen LogP contribution in [0.15, 0.2) is 12.3 Å². The third-order valence-corrected chi connectivity index (χ3v) is 1.75. The first kappa shape index (κ1) is 7.61. The lowest BCUT2D eigenvalue weighted by Gasteiger charge is -2.24. The Morgan fingerprint density at radius 1 is 1.70 bits per heavy atom. The van der Waals surface area contributed by atoms with Gasteiger partial charge in [0.2, 0.25) is 0 Å². The van der Waals surface area contributed by atoms with Crippen LogP contribution in [0.25, 0.3) is 0 Å². The first-order chi connectivity index (χ1) is 4.79. The predicted octanol–water partition coefficient (Wildman–Crippen LogP) is 0.862. The van der Waals surface area contributed by atoms with Gasteiger partial charge in [-0.1, -0.05) is 6.58 Å². The highest BCUT2D eigenvalue weighted by Crippen LogP contribution is 2.02. The maximum absolute atomic E-state index is 3.81. The Kier molecular flexibility index (Phi) is 2.75. The van der Waals surface area contributed by atoms with Crippen LogP contribution in [0.2, 0.25) is 0 Å². The van der Waals surface area contributed by atoms with Gasteiger partial charge >= 0.3 is 0 Å². The molecule has 0 radical (unpaired) electrons. The van der Waals surface area contributed by atoms with Crippen molar-refractivity contribution in [1.29, 1.82) is 0 Å². The molecule has 1 saturated heterocycles. The van der Waals surface area contributed by atoms with E-state index in [-0.39, 0.29) is 0 Å². The molecule has 0 aromatic heterocycles. The van der Waals surface area contributed by atoms with Crippen LogP contribution in [0, 0.1) is 0 Å². The average molecular weight is 140 g/mol. The monoisotopic (exact) mass is 140 g/mol. The molecule has 1 aliphatic rings. The number of hydrogen-bond donors (Lipinski definition) is 2. The van der Waals surface area contributed by atoms with Gasteiger partial charge in [-0.05, 0) is 26.3 Å². The van der Waals surface area contributed by atoms with Crippen molar-refractivity contribution in [3.63, 3.8) is 0 Å². The summed E-state index contributed by atoms with van der Waals surface area (Å²) < 4.78 is 0. The third kappa shape index (κ3) is 2.40. The van der Waals surface area contributed by atoms with Crippen LogP contribution < -0.4 is 10.6 Å². The fourth-order valence-electron chi connectivity index (χ4n) is 1.32. The Hall–Kier alpha value is -0.500. The second kappa shape index (κ2) is 3.62. The van der Waals surface area contributed by atoms with E-state index in [1.165, 1.54) is 19.4 Å². The highest BCUT2D eigenvalue weighted by atomic mass is 15.0. The molecule has 0 aromatic rings. The van der Waals surface area contributed by atoms with Gasteiger partial charge in [0.15, 0.2) is 0 Å². The summed E-state index contributed by atoms with van der Waals surface area (Å²) in [6.45, 7) is 8.08. The molecular formula is C8H16N2. The number of piperidine rings is 1. The fraction of sp³-hybridized carbons (Fsp3) is 0.750. The quantitative estimate of drug-likeness (QED) is 0.594. The Morgan fingerprint density at radius 2 is 2.50 bits per heavy atom. The maximum Gasteiger partial charge on any atom is 0.0383 e. The van der Waals surface area contributed by atoms with E-state index in [0.717, 1.165) is 12.2 Å². The number of rotatable bonds is 2. The Morgan fingerprint density at radius 3 is 3.00 bits per heavy atom. The molecule has 10 heavy (non-hydrogen) atoms. The number of nitrogens with one attached hydrogen (secondary N) is 2. The summed E-state index contributed by atoms with van der Waals surface area (Å²) in [5.41, 5.74) is 1.08. The molecule has 2 nitrogen and oxygen atoms in total. The normalized spacial score (nSPS) is 25.9. The zero-order valence-corrected chi connectivity index (χ0v) is 6.61. The van der Waals surface area contributed by atoms with Crippen LogP contribution in [0.4, 0.5) is 0 Å². The number of allylic oxidation sites excluding steroid dienone is 1. The summed E-state index contributed by atoms with van der Waals surface area (Å²) >= 11 is 0. The van der Waals surface area contributed by atoms with Crippen LogP contribution in [0.5, 0.6) is 0 Å². The molecule has 0 amide bonds. The van der Waals surface area contributed by atoms with Crippen molar-refractivity contribution in [3.05, 3.63) is 12.3 Å². The SMILES string of the molecule is C=C(C)N[C@@H]1CCCNC1. The molecule has 1 atom stereocenters. The zero-order chi connectivity index (χ0) is 7.40. The molecule has 0 spiro atoms. The zero-order valence-electron chi connectivity index (χ0n) is 6.61. The lowest BCUT2D eigenvalue weighted by molar-refractivity contribution is 0.414. The predicted molar refractivity (Wildman–Crippen MR) is 43.8 cm³/mol. The molecule has 1 fully saturated rings. The molecule has 2 N–H and O–H groups in total. The molecule has 0 saturated carbocycles. The third-order valence-electron chi connectivity index (χ3n) is 1.75. The first-order valence-electron chi connectivity index (χ1n) is 3.92.